The Morgan fingerprint density at radius 2 is 1.33 bits per heavy atom. The highest BCUT2D eigenvalue weighted by Gasteiger charge is 2.07. The summed E-state index contributed by atoms with van der Waals surface area (Å²) in [4.78, 5) is 2.59. The Balaban J connectivity index is 2.18. The molecule has 0 bridgehead atoms. The molecule has 0 aliphatic carbocycles. The topological polar surface area (TPSA) is 3.24 Å². The lowest BCUT2D eigenvalue weighted by Gasteiger charge is -2.25. The van der Waals surface area contributed by atoms with Crippen LogP contribution in [-0.4, -0.2) is 24.5 Å². The second kappa shape index (κ2) is 10.8. The van der Waals surface area contributed by atoms with Crippen molar-refractivity contribution in [3.8, 4) is 0 Å². The summed E-state index contributed by atoms with van der Waals surface area (Å²) in [7, 11) is 0. The largest absolute Gasteiger partial charge is 0.300 e. The van der Waals surface area contributed by atoms with Gasteiger partial charge in [-0.3, -0.25) is 4.90 Å². The average Bonchev–Trinajstić information content (AvgIpc) is 2.46. The monoisotopic (exact) mass is 289 g/mol. The van der Waals surface area contributed by atoms with E-state index in [9.17, 15) is 0 Å². The summed E-state index contributed by atoms with van der Waals surface area (Å²) in [5.41, 5.74) is 4.52. The Labute approximate surface area is 132 Å². The zero-order valence-corrected chi connectivity index (χ0v) is 14.8. The van der Waals surface area contributed by atoms with Gasteiger partial charge in [0.1, 0.15) is 0 Å². The first-order valence-corrected chi connectivity index (χ1v) is 8.75. The summed E-state index contributed by atoms with van der Waals surface area (Å²) < 4.78 is 0. The predicted molar refractivity (Wildman–Crippen MR) is 95.7 cm³/mol. The van der Waals surface area contributed by atoms with Crippen molar-refractivity contribution in [1.29, 1.82) is 0 Å². The first-order valence-electron chi connectivity index (χ1n) is 8.75. The van der Waals surface area contributed by atoms with Crippen LogP contribution in [0.2, 0.25) is 0 Å². The second-order valence-corrected chi connectivity index (χ2v) is 6.82. The van der Waals surface area contributed by atoms with Crippen molar-refractivity contribution < 1.29 is 0 Å². The molecule has 1 heterocycles. The van der Waals surface area contributed by atoms with Crippen LogP contribution in [0, 0.1) is 0 Å². The highest BCUT2D eigenvalue weighted by Crippen LogP contribution is 2.13. The van der Waals surface area contributed by atoms with Crippen LogP contribution >= 0.6 is 0 Å². The van der Waals surface area contributed by atoms with Gasteiger partial charge in [-0.2, -0.15) is 0 Å². The van der Waals surface area contributed by atoms with Gasteiger partial charge >= 0.3 is 0 Å². The molecule has 0 saturated carbocycles. The van der Waals surface area contributed by atoms with Gasteiger partial charge in [0.2, 0.25) is 0 Å². The normalized spacial score (nSPS) is 17.9. The van der Waals surface area contributed by atoms with Crippen LogP contribution in [0.1, 0.15) is 72.6 Å². The van der Waals surface area contributed by atoms with Gasteiger partial charge in [0.25, 0.3) is 0 Å². The Hall–Kier alpha value is -0.820. The van der Waals surface area contributed by atoms with Crippen molar-refractivity contribution in [3.05, 3.63) is 34.9 Å². The van der Waals surface area contributed by atoms with Gasteiger partial charge in [0.15, 0.2) is 0 Å². The molecule has 0 unspecified atom stereocenters. The van der Waals surface area contributed by atoms with Gasteiger partial charge in [-0.1, -0.05) is 41.4 Å². The zero-order valence-electron chi connectivity index (χ0n) is 14.8. The molecule has 0 aromatic rings. The maximum Gasteiger partial charge on any atom is 0.0165 e. The van der Waals surface area contributed by atoms with Gasteiger partial charge in [0, 0.05) is 6.54 Å². The van der Waals surface area contributed by atoms with E-state index in [0.717, 1.165) is 6.54 Å². The SMILES string of the molecule is CC(C)=CCCC(C)=CCCC(C)=CCN1CCCCC1. The van der Waals surface area contributed by atoms with Crippen LogP contribution in [0.3, 0.4) is 0 Å². The van der Waals surface area contributed by atoms with E-state index < -0.39 is 0 Å². The third kappa shape index (κ3) is 9.68. The number of piperidine rings is 1. The van der Waals surface area contributed by atoms with E-state index >= 15 is 0 Å². The Morgan fingerprint density at radius 1 is 0.762 bits per heavy atom. The van der Waals surface area contributed by atoms with Crippen LogP contribution in [0.25, 0.3) is 0 Å². The number of allylic oxidation sites excluding steroid dienone is 5. The molecule has 1 rings (SSSR count). The highest BCUT2D eigenvalue weighted by molar-refractivity contribution is 5.06. The fourth-order valence-corrected chi connectivity index (χ4v) is 2.77. The van der Waals surface area contributed by atoms with Crippen molar-refractivity contribution in [3.63, 3.8) is 0 Å². The maximum absolute atomic E-state index is 2.59. The van der Waals surface area contributed by atoms with Crippen LogP contribution in [0.15, 0.2) is 34.9 Å². The molecule has 0 atom stereocenters. The number of rotatable bonds is 8. The van der Waals surface area contributed by atoms with E-state index in [1.54, 1.807) is 5.57 Å². The minimum atomic E-state index is 1.16. The van der Waals surface area contributed by atoms with Crippen molar-refractivity contribution in [2.75, 3.05) is 19.6 Å². The van der Waals surface area contributed by atoms with Gasteiger partial charge in [-0.05, 0) is 79.3 Å². The molecular weight excluding hydrogens is 254 g/mol. The third-order valence-corrected chi connectivity index (χ3v) is 4.27. The van der Waals surface area contributed by atoms with Crippen molar-refractivity contribution in [2.24, 2.45) is 0 Å². The molecule has 120 valence electrons. The molecule has 1 aliphatic heterocycles. The molecule has 0 aromatic heterocycles. The molecule has 0 aromatic carbocycles. The number of nitrogens with zero attached hydrogens (tertiary/aromatic N) is 1. The second-order valence-electron chi connectivity index (χ2n) is 6.82. The lowest BCUT2D eigenvalue weighted by atomic mass is 10.1. The molecular formula is C20H35N. The van der Waals surface area contributed by atoms with Gasteiger partial charge in [-0.15, -0.1) is 0 Å². The summed E-state index contributed by atoms with van der Waals surface area (Å²) >= 11 is 0. The van der Waals surface area contributed by atoms with Gasteiger partial charge in [0.05, 0.1) is 0 Å². The van der Waals surface area contributed by atoms with E-state index in [4.69, 9.17) is 0 Å². The highest BCUT2D eigenvalue weighted by atomic mass is 15.1. The smallest absolute Gasteiger partial charge is 0.0165 e. The zero-order chi connectivity index (χ0) is 15.5. The molecule has 0 amide bonds. The fourth-order valence-electron chi connectivity index (χ4n) is 2.77. The fraction of sp³-hybridized carbons (Fsp3) is 0.700. The molecule has 1 aliphatic rings. The molecule has 0 N–H and O–H groups in total. The van der Waals surface area contributed by atoms with Crippen molar-refractivity contribution >= 4 is 0 Å². The Kier molecular flexibility index (Phi) is 9.41. The maximum atomic E-state index is 2.59. The number of hydrogen-bond acceptors (Lipinski definition) is 1. The van der Waals surface area contributed by atoms with E-state index in [-0.39, 0.29) is 0 Å². The van der Waals surface area contributed by atoms with Crippen LogP contribution in [0.5, 0.6) is 0 Å². The standard InChI is InChI=1S/C20H35N/c1-18(2)10-8-11-19(3)12-9-13-20(4)14-17-21-15-6-5-7-16-21/h10,12,14H,5-9,11,13,15-17H2,1-4H3. The molecule has 1 fully saturated rings. The van der Waals surface area contributed by atoms with E-state index in [1.807, 2.05) is 0 Å². The van der Waals surface area contributed by atoms with Crippen LogP contribution < -0.4 is 0 Å². The van der Waals surface area contributed by atoms with Gasteiger partial charge in [-0.25, -0.2) is 0 Å². The lowest BCUT2D eigenvalue weighted by molar-refractivity contribution is 0.251. The van der Waals surface area contributed by atoms with Gasteiger partial charge < -0.3 is 0 Å². The van der Waals surface area contributed by atoms with E-state index in [1.165, 1.54) is 69.2 Å². The summed E-state index contributed by atoms with van der Waals surface area (Å²) in [6, 6.07) is 0. The summed E-state index contributed by atoms with van der Waals surface area (Å²) in [6.07, 6.45) is 16.2. The molecule has 0 radical (unpaired) electrons. The first-order chi connectivity index (χ1) is 10.1. The molecule has 1 saturated heterocycles. The molecule has 1 heteroatoms. The number of likely N-dealkylation sites (tertiary alicyclic amines) is 1. The van der Waals surface area contributed by atoms with Crippen molar-refractivity contribution in [2.45, 2.75) is 72.6 Å². The minimum Gasteiger partial charge on any atom is -0.300 e. The summed E-state index contributed by atoms with van der Waals surface area (Å²) in [6.45, 7) is 12.7. The predicted octanol–water partition coefficient (Wildman–Crippen LogP) is 5.89. The van der Waals surface area contributed by atoms with E-state index in [2.05, 4.69) is 50.8 Å². The van der Waals surface area contributed by atoms with E-state index in [0.29, 0.717) is 0 Å². The van der Waals surface area contributed by atoms with Crippen molar-refractivity contribution in [1.82, 2.24) is 4.90 Å². The Bertz CT molecular complexity index is 363. The summed E-state index contributed by atoms with van der Waals surface area (Å²) in [5, 5.41) is 0. The van der Waals surface area contributed by atoms with Crippen LogP contribution in [-0.2, 0) is 0 Å². The molecule has 0 spiro atoms. The lowest BCUT2D eigenvalue weighted by Crippen LogP contribution is -2.29. The molecule has 21 heavy (non-hydrogen) atoms. The first kappa shape index (κ1) is 18.2. The summed E-state index contributed by atoms with van der Waals surface area (Å²) in [5.74, 6) is 0. The van der Waals surface area contributed by atoms with Crippen LogP contribution in [0.4, 0.5) is 0 Å². The Morgan fingerprint density at radius 3 is 1.95 bits per heavy atom. The average molecular weight is 290 g/mol. The quantitative estimate of drug-likeness (QED) is 0.503. The third-order valence-electron chi connectivity index (χ3n) is 4.27. The molecule has 1 nitrogen and oxygen atoms in total. The minimum absolute atomic E-state index is 1.16. The number of hydrogen-bond donors (Lipinski definition) is 0.